The van der Waals surface area contributed by atoms with E-state index >= 15 is 0 Å². The largest absolute Gasteiger partial charge is 0.481 e. The second-order valence-electron chi connectivity index (χ2n) is 4.12. The van der Waals surface area contributed by atoms with Crippen molar-refractivity contribution in [2.24, 2.45) is 5.92 Å². The van der Waals surface area contributed by atoms with Crippen molar-refractivity contribution in [3.63, 3.8) is 0 Å². The molecule has 1 atom stereocenters. The van der Waals surface area contributed by atoms with Crippen LogP contribution in [-0.2, 0) is 4.79 Å². The first-order chi connectivity index (χ1) is 8.63. The second kappa shape index (κ2) is 7.81. The highest BCUT2D eigenvalue weighted by atomic mass is 32.1. The monoisotopic (exact) mass is 270 g/mol. The van der Waals surface area contributed by atoms with Crippen LogP contribution in [0, 0.1) is 5.92 Å². The average Bonchev–Trinajstić information content (AvgIpc) is 2.86. The third kappa shape index (κ3) is 5.27. The van der Waals surface area contributed by atoms with E-state index in [1.807, 2.05) is 6.92 Å². The molecule has 0 fully saturated rings. The summed E-state index contributed by atoms with van der Waals surface area (Å²) in [5.41, 5.74) is 2.06. The summed E-state index contributed by atoms with van der Waals surface area (Å²) < 4.78 is 0. The molecule has 0 spiro atoms. The smallest absolute Gasteiger partial charge is 0.303 e. The van der Waals surface area contributed by atoms with Crippen LogP contribution in [0.3, 0.4) is 0 Å². The van der Waals surface area contributed by atoms with E-state index in [0.717, 1.165) is 12.8 Å². The lowest BCUT2D eigenvalue weighted by molar-refractivity contribution is -0.137. The highest BCUT2D eigenvalue weighted by Crippen LogP contribution is 2.14. The van der Waals surface area contributed by atoms with E-state index in [9.17, 15) is 9.59 Å². The molecule has 1 aromatic heterocycles. The van der Waals surface area contributed by atoms with Gasteiger partial charge in [0.15, 0.2) is 0 Å². The molecule has 0 aliphatic rings. The van der Waals surface area contributed by atoms with Crippen molar-refractivity contribution in [1.82, 2.24) is 10.3 Å². The molecule has 0 bridgehead atoms. The van der Waals surface area contributed by atoms with E-state index in [1.165, 1.54) is 11.3 Å². The predicted octanol–water partition coefficient (Wildman–Crippen LogP) is 2.15. The zero-order valence-electron chi connectivity index (χ0n) is 10.4. The molecule has 0 radical (unpaired) electrons. The normalized spacial score (nSPS) is 12.1. The second-order valence-corrected chi connectivity index (χ2v) is 4.84. The molecule has 5 nitrogen and oxygen atoms in total. The van der Waals surface area contributed by atoms with Crippen LogP contribution in [-0.4, -0.2) is 28.5 Å². The highest BCUT2D eigenvalue weighted by molar-refractivity contribution is 7.07. The van der Waals surface area contributed by atoms with E-state index in [0.29, 0.717) is 24.6 Å². The summed E-state index contributed by atoms with van der Waals surface area (Å²) in [5, 5.41) is 13.1. The minimum Gasteiger partial charge on any atom is -0.481 e. The van der Waals surface area contributed by atoms with Crippen molar-refractivity contribution in [1.29, 1.82) is 0 Å². The molecule has 1 rings (SSSR count). The van der Waals surface area contributed by atoms with Crippen LogP contribution < -0.4 is 5.32 Å². The van der Waals surface area contributed by atoms with Crippen LogP contribution in [0.2, 0.25) is 0 Å². The molecule has 0 saturated heterocycles. The Hall–Kier alpha value is -1.43. The summed E-state index contributed by atoms with van der Waals surface area (Å²) in [6.45, 7) is 2.60. The minimum atomic E-state index is -0.764. The third-order valence-electron chi connectivity index (χ3n) is 2.85. The number of aromatic nitrogens is 1. The zero-order chi connectivity index (χ0) is 13.4. The molecule has 1 unspecified atom stereocenters. The van der Waals surface area contributed by atoms with E-state index in [-0.39, 0.29) is 12.3 Å². The van der Waals surface area contributed by atoms with Crippen molar-refractivity contribution >= 4 is 23.2 Å². The Kier molecular flexibility index (Phi) is 6.35. The predicted molar refractivity (Wildman–Crippen MR) is 69.7 cm³/mol. The summed E-state index contributed by atoms with van der Waals surface area (Å²) in [6, 6.07) is 0. The zero-order valence-corrected chi connectivity index (χ0v) is 11.2. The van der Waals surface area contributed by atoms with Gasteiger partial charge in [0.2, 0.25) is 0 Å². The standard InChI is InChI=1S/C12H18N2O3S/c1-2-9(3-4-11(15)16)5-6-13-12(17)10-7-18-8-14-10/h7-9H,2-6H2,1H3,(H,13,17)(H,15,16). The lowest BCUT2D eigenvalue weighted by atomic mass is 9.97. The van der Waals surface area contributed by atoms with E-state index in [2.05, 4.69) is 10.3 Å². The van der Waals surface area contributed by atoms with Crippen molar-refractivity contribution < 1.29 is 14.7 Å². The molecule has 1 aromatic rings. The summed E-state index contributed by atoms with van der Waals surface area (Å²) in [6.07, 6.45) is 2.59. The van der Waals surface area contributed by atoms with Gasteiger partial charge in [-0.25, -0.2) is 4.98 Å². The molecule has 2 N–H and O–H groups in total. The fourth-order valence-electron chi connectivity index (χ4n) is 1.69. The van der Waals surface area contributed by atoms with Crippen LogP contribution in [0.5, 0.6) is 0 Å². The van der Waals surface area contributed by atoms with Crippen LogP contribution in [0.15, 0.2) is 10.9 Å². The van der Waals surface area contributed by atoms with Crippen LogP contribution in [0.25, 0.3) is 0 Å². The number of aliphatic carboxylic acids is 1. The lowest BCUT2D eigenvalue weighted by Gasteiger charge is -2.13. The topological polar surface area (TPSA) is 79.3 Å². The van der Waals surface area contributed by atoms with Gasteiger partial charge in [0.1, 0.15) is 5.69 Å². The van der Waals surface area contributed by atoms with Gasteiger partial charge in [0.25, 0.3) is 5.91 Å². The van der Waals surface area contributed by atoms with Gasteiger partial charge in [-0.15, -0.1) is 11.3 Å². The maximum absolute atomic E-state index is 11.6. The van der Waals surface area contributed by atoms with Gasteiger partial charge in [-0.2, -0.15) is 0 Å². The number of nitrogens with one attached hydrogen (secondary N) is 1. The number of carboxylic acids is 1. The fourth-order valence-corrected chi connectivity index (χ4v) is 2.22. The number of hydrogen-bond acceptors (Lipinski definition) is 4. The molecule has 100 valence electrons. The van der Waals surface area contributed by atoms with Gasteiger partial charge in [0.05, 0.1) is 5.51 Å². The Labute approximate surface area is 110 Å². The Balaban J connectivity index is 2.22. The summed E-state index contributed by atoms with van der Waals surface area (Å²) >= 11 is 1.39. The third-order valence-corrected chi connectivity index (χ3v) is 3.43. The lowest BCUT2D eigenvalue weighted by Crippen LogP contribution is -2.26. The van der Waals surface area contributed by atoms with Gasteiger partial charge in [-0.05, 0) is 18.8 Å². The Morgan fingerprint density at radius 2 is 2.28 bits per heavy atom. The van der Waals surface area contributed by atoms with Gasteiger partial charge < -0.3 is 10.4 Å². The molecule has 0 aliphatic heterocycles. The Morgan fingerprint density at radius 1 is 1.50 bits per heavy atom. The average molecular weight is 270 g/mol. The molecular weight excluding hydrogens is 252 g/mol. The molecule has 18 heavy (non-hydrogen) atoms. The highest BCUT2D eigenvalue weighted by Gasteiger charge is 2.11. The molecular formula is C12H18N2O3S. The van der Waals surface area contributed by atoms with E-state index < -0.39 is 5.97 Å². The number of nitrogens with zero attached hydrogens (tertiary/aromatic N) is 1. The van der Waals surface area contributed by atoms with Crippen LogP contribution in [0.4, 0.5) is 0 Å². The first-order valence-corrected chi connectivity index (χ1v) is 6.96. The SMILES string of the molecule is CCC(CCNC(=O)c1cscn1)CCC(=O)O. The Morgan fingerprint density at radius 3 is 2.83 bits per heavy atom. The molecule has 0 saturated carbocycles. The number of rotatable bonds is 8. The molecule has 0 aromatic carbocycles. The van der Waals surface area contributed by atoms with Crippen molar-refractivity contribution in [3.05, 3.63) is 16.6 Å². The van der Waals surface area contributed by atoms with Crippen LogP contribution in [0.1, 0.15) is 43.1 Å². The number of amides is 1. The number of carbonyl (C=O) groups is 2. The summed E-state index contributed by atoms with van der Waals surface area (Å²) in [4.78, 5) is 26.0. The summed E-state index contributed by atoms with van der Waals surface area (Å²) in [7, 11) is 0. The first kappa shape index (κ1) is 14.6. The van der Waals surface area contributed by atoms with Gasteiger partial charge in [-0.1, -0.05) is 13.3 Å². The molecule has 0 aliphatic carbocycles. The molecule has 1 heterocycles. The van der Waals surface area contributed by atoms with Gasteiger partial charge in [0, 0.05) is 18.3 Å². The number of carbonyl (C=O) groups excluding carboxylic acids is 1. The number of carboxylic acid groups (broad SMARTS) is 1. The fraction of sp³-hybridized carbons (Fsp3) is 0.583. The summed E-state index contributed by atoms with van der Waals surface area (Å²) in [5.74, 6) is -0.582. The van der Waals surface area contributed by atoms with Crippen molar-refractivity contribution in [3.8, 4) is 0 Å². The van der Waals surface area contributed by atoms with Crippen molar-refractivity contribution in [2.45, 2.75) is 32.6 Å². The van der Waals surface area contributed by atoms with E-state index in [1.54, 1.807) is 10.9 Å². The van der Waals surface area contributed by atoms with Gasteiger partial charge in [-0.3, -0.25) is 9.59 Å². The number of thiazole rings is 1. The quantitative estimate of drug-likeness (QED) is 0.758. The number of hydrogen-bond donors (Lipinski definition) is 2. The molecule has 1 amide bonds. The maximum atomic E-state index is 11.6. The Bertz CT molecular complexity index is 379. The van der Waals surface area contributed by atoms with E-state index in [4.69, 9.17) is 5.11 Å². The first-order valence-electron chi connectivity index (χ1n) is 6.01. The minimum absolute atomic E-state index is 0.163. The van der Waals surface area contributed by atoms with Gasteiger partial charge >= 0.3 is 5.97 Å². The van der Waals surface area contributed by atoms with Crippen LogP contribution >= 0.6 is 11.3 Å². The maximum Gasteiger partial charge on any atom is 0.303 e. The molecule has 6 heteroatoms. The van der Waals surface area contributed by atoms with Crippen molar-refractivity contribution in [2.75, 3.05) is 6.54 Å².